The standard InChI is InChI=1S/C8H12N2O3/c1-4-13-8(11)6-5-9-10(2)7(6)12-3/h5H,4H2,1-3H3. The van der Waals surface area contributed by atoms with E-state index in [4.69, 9.17) is 9.47 Å². The fourth-order valence-electron chi connectivity index (χ4n) is 1.02. The fourth-order valence-corrected chi connectivity index (χ4v) is 1.02. The monoisotopic (exact) mass is 184 g/mol. The molecule has 0 spiro atoms. The zero-order valence-corrected chi connectivity index (χ0v) is 7.90. The third-order valence-electron chi connectivity index (χ3n) is 1.57. The number of nitrogens with zero attached hydrogens (tertiary/aromatic N) is 2. The Labute approximate surface area is 76.3 Å². The number of ether oxygens (including phenoxy) is 2. The van der Waals surface area contributed by atoms with E-state index in [1.807, 2.05) is 0 Å². The van der Waals surface area contributed by atoms with Crippen LogP contribution in [0.1, 0.15) is 17.3 Å². The Balaban J connectivity index is 2.93. The van der Waals surface area contributed by atoms with Gasteiger partial charge in [0.25, 0.3) is 0 Å². The summed E-state index contributed by atoms with van der Waals surface area (Å²) in [4.78, 5) is 11.3. The maximum absolute atomic E-state index is 11.3. The van der Waals surface area contributed by atoms with E-state index in [-0.39, 0.29) is 0 Å². The Hall–Kier alpha value is -1.52. The fraction of sp³-hybridized carbons (Fsp3) is 0.500. The highest BCUT2D eigenvalue weighted by Crippen LogP contribution is 2.16. The van der Waals surface area contributed by atoms with Crippen LogP contribution in [0.3, 0.4) is 0 Å². The highest BCUT2D eigenvalue weighted by molar-refractivity contribution is 5.91. The summed E-state index contributed by atoms with van der Waals surface area (Å²) in [6.07, 6.45) is 1.43. The van der Waals surface area contributed by atoms with Crippen molar-refractivity contribution in [3.8, 4) is 5.88 Å². The number of carbonyl (C=O) groups is 1. The maximum Gasteiger partial charge on any atom is 0.345 e. The first kappa shape index (κ1) is 9.57. The van der Waals surface area contributed by atoms with Gasteiger partial charge in [0.05, 0.1) is 19.9 Å². The summed E-state index contributed by atoms with van der Waals surface area (Å²) in [5.41, 5.74) is 0.354. The predicted molar refractivity (Wildman–Crippen MR) is 45.7 cm³/mol. The molecule has 0 unspecified atom stereocenters. The lowest BCUT2D eigenvalue weighted by molar-refractivity contribution is 0.0522. The van der Waals surface area contributed by atoms with Gasteiger partial charge in [0.1, 0.15) is 5.56 Å². The van der Waals surface area contributed by atoms with E-state index in [2.05, 4.69) is 5.10 Å². The van der Waals surface area contributed by atoms with Crippen LogP contribution in [0.5, 0.6) is 5.88 Å². The molecule has 0 aromatic carbocycles. The van der Waals surface area contributed by atoms with Gasteiger partial charge in [-0.2, -0.15) is 5.10 Å². The minimum atomic E-state index is -0.410. The third-order valence-corrected chi connectivity index (χ3v) is 1.57. The Morgan fingerprint density at radius 2 is 2.38 bits per heavy atom. The third kappa shape index (κ3) is 1.80. The van der Waals surface area contributed by atoms with Crippen molar-refractivity contribution >= 4 is 5.97 Å². The van der Waals surface area contributed by atoms with Crippen molar-refractivity contribution < 1.29 is 14.3 Å². The van der Waals surface area contributed by atoms with E-state index in [0.717, 1.165) is 0 Å². The molecule has 0 aliphatic heterocycles. The Morgan fingerprint density at radius 3 is 2.92 bits per heavy atom. The molecule has 1 heterocycles. The van der Waals surface area contributed by atoms with Crippen molar-refractivity contribution in [2.75, 3.05) is 13.7 Å². The first-order chi connectivity index (χ1) is 6.20. The van der Waals surface area contributed by atoms with Gasteiger partial charge in [-0.3, -0.25) is 0 Å². The molecule has 5 nitrogen and oxygen atoms in total. The predicted octanol–water partition coefficient (Wildman–Crippen LogP) is 0.605. The van der Waals surface area contributed by atoms with E-state index >= 15 is 0 Å². The molecule has 72 valence electrons. The summed E-state index contributed by atoms with van der Waals surface area (Å²) in [5.74, 6) is 0.00546. The minimum Gasteiger partial charge on any atom is -0.481 e. The molecule has 0 N–H and O–H groups in total. The molecule has 0 fully saturated rings. The first-order valence-electron chi connectivity index (χ1n) is 3.93. The van der Waals surface area contributed by atoms with E-state index in [1.165, 1.54) is 18.0 Å². The maximum atomic E-state index is 11.3. The molecule has 0 amide bonds. The molecular weight excluding hydrogens is 172 g/mol. The zero-order valence-electron chi connectivity index (χ0n) is 7.90. The van der Waals surface area contributed by atoms with Crippen LogP contribution in [0.25, 0.3) is 0 Å². The molecule has 0 aliphatic rings. The molecule has 0 aliphatic carbocycles. The number of hydrogen-bond acceptors (Lipinski definition) is 4. The van der Waals surface area contributed by atoms with Crippen LogP contribution in [-0.4, -0.2) is 29.5 Å². The summed E-state index contributed by atoms with van der Waals surface area (Å²) >= 11 is 0. The molecular formula is C8H12N2O3. The van der Waals surface area contributed by atoms with Crippen molar-refractivity contribution in [3.63, 3.8) is 0 Å². The zero-order chi connectivity index (χ0) is 9.84. The number of aryl methyl sites for hydroxylation is 1. The number of rotatable bonds is 3. The van der Waals surface area contributed by atoms with Crippen LogP contribution in [0.2, 0.25) is 0 Å². The van der Waals surface area contributed by atoms with E-state index < -0.39 is 5.97 Å². The second-order valence-corrected chi connectivity index (χ2v) is 2.41. The van der Waals surface area contributed by atoms with Crippen molar-refractivity contribution in [3.05, 3.63) is 11.8 Å². The summed E-state index contributed by atoms with van der Waals surface area (Å²) < 4.78 is 11.3. The summed E-state index contributed by atoms with van der Waals surface area (Å²) in [6.45, 7) is 2.09. The van der Waals surface area contributed by atoms with Gasteiger partial charge in [-0.25, -0.2) is 9.48 Å². The highest BCUT2D eigenvalue weighted by Gasteiger charge is 2.17. The van der Waals surface area contributed by atoms with Crippen LogP contribution in [0.4, 0.5) is 0 Å². The van der Waals surface area contributed by atoms with Crippen LogP contribution in [0.15, 0.2) is 6.20 Å². The van der Waals surface area contributed by atoms with Crippen molar-refractivity contribution in [2.24, 2.45) is 7.05 Å². The average Bonchev–Trinajstić information content (AvgIpc) is 2.47. The van der Waals surface area contributed by atoms with E-state index in [9.17, 15) is 4.79 Å². The highest BCUT2D eigenvalue weighted by atomic mass is 16.5. The Bertz CT molecular complexity index is 306. The lowest BCUT2D eigenvalue weighted by Gasteiger charge is -2.03. The number of aromatic nitrogens is 2. The largest absolute Gasteiger partial charge is 0.481 e. The van der Waals surface area contributed by atoms with E-state index in [1.54, 1.807) is 14.0 Å². The Morgan fingerprint density at radius 1 is 1.69 bits per heavy atom. The second-order valence-electron chi connectivity index (χ2n) is 2.41. The summed E-state index contributed by atoms with van der Waals surface area (Å²) in [7, 11) is 3.18. The van der Waals surface area contributed by atoms with Gasteiger partial charge in [-0.15, -0.1) is 0 Å². The lowest BCUT2D eigenvalue weighted by Crippen LogP contribution is -2.06. The SMILES string of the molecule is CCOC(=O)c1cnn(C)c1OC. The lowest BCUT2D eigenvalue weighted by atomic mass is 10.3. The normalized spacial score (nSPS) is 9.77. The molecule has 0 atom stereocenters. The average molecular weight is 184 g/mol. The van der Waals surface area contributed by atoms with E-state index in [0.29, 0.717) is 18.1 Å². The van der Waals surface area contributed by atoms with Gasteiger partial charge in [0, 0.05) is 7.05 Å². The smallest absolute Gasteiger partial charge is 0.345 e. The first-order valence-corrected chi connectivity index (χ1v) is 3.93. The van der Waals surface area contributed by atoms with Gasteiger partial charge >= 0.3 is 5.97 Å². The number of hydrogen-bond donors (Lipinski definition) is 0. The van der Waals surface area contributed by atoms with Gasteiger partial charge in [-0.05, 0) is 6.92 Å². The van der Waals surface area contributed by atoms with Gasteiger partial charge in [0.15, 0.2) is 0 Å². The van der Waals surface area contributed by atoms with Gasteiger partial charge in [-0.1, -0.05) is 0 Å². The molecule has 0 saturated heterocycles. The number of methoxy groups -OCH3 is 1. The van der Waals surface area contributed by atoms with Gasteiger partial charge in [0.2, 0.25) is 5.88 Å². The molecule has 0 bridgehead atoms. The van der Waals surface area contributed by atoms with Crippen molar-refractivity contribution in [1.82, 2.24) is 9.78 Å². The summed E-state index contributed by atoms with van der Waals surface area (Å²) in [6, 6.07) is 0. The second kappa shape index (κ2) is 3.93. The quantitative estimate of drug-likeness (QED) is 0.646. The Kier molecular flexibility index (Phi) is 2.89. The molecule has 1 aromatic rings. The van der Waals surface area contributed by atoms with Crippen LogP contribution >= 0.6 is 0 Å². The van der Waals surface area contributed by atoms with Crippen LogP contribution in [-0.2, 0) is 11.8 Å². The molecule has 5 heteroatoms. The summed E-state index contributed by atoms with van der Waals surface area (Å²) in [5, 5.41) is 3.88. The molecule has 0 saturated carbocycles. The molecule has 1 rings (SSSR count). The molecule has 0 radical (unpaired) electrons. The van der Waals surface area contributed by atoms with Gasteiger partial charge < -0.3 is 9.47 Å². The van der Waals surface area contributed by atoms with Crippen LogP contribution in [0, 0.1) is 0 Å². The van der Waals surface area contributed by atoms with Crippen LogP contribution < -0.4 is 4.74 Å². The van der Waals surface area contributed by atoms with Crippen molar-refractivity contribution in [1.29, 1.82) is 0 Å². The molecule has 1 aromatic heterocycles. The minimum absolute atomic E-state index is 0.344. The van der Waals surface area contributed by atoms with Crippen molar-refractivity contribution in [2.45, 2.75) is 6.92 Å². The number of esters is 1. The number of carbonyl (C=O) groups excluding carboxylic acids is 1. The molecule has 13 heavy (non-hydrogen) atoms. The topological polar surface area (TPSA) is 53.3 Å².